The second-order valence-corrected chi connectivity index (χ2v) is 11.3. The maximum atomic E-state index is 13.5. The van der Waals surface area contributed by atoms with Crippen molar-refractivity contribution in [3.8, 4) is 11.1 Å². The minimum absolute atomic E-state index is 0.142. The molecule has 0 spiro atoms. The van der Waals surface area contributed by atoms with Gasteiger partial charge in [-0.25, -0.2) is 4.98 Å². The average Bonchev–Trinajstić information content (AvgIpc) is 3.02. The number of pyridine rings is 1. The van der Waals surface area contributed by atoms with Gasteiger partial charge in [-0.2, -0.15) is 13.2 Å². The van der Waals surface area contributed by atoms with E-state index in [4.69, 9.17) is 16.6 Å². The third kappa shape index (κ3) is 6.13. The molecule has 0 radical (unpaired) electrons. The number of carbonyl (C=O) groups is 1. The molecule has 1 amide bonds. The van der Waals surface area contributed by atoms with Crippen LogP contribution in [0.15, 0.2) is 79.0 Å². The monoisotopic (exact) mass is 605 g/mol. The summed E-state index contributed by atoms with van der Waals surface area (Å²) in [5, 5.41) is 4.08. The zero-order valence-electron chi connectivity index (χ0n) is 23.7. The van der Waals surface area contributed by atoms with Gasteiger partial charge in [-0.3, -0.25) is 4.79 Å². The number of aryl methyl sites for hydroxylation is 1. The molecule has 6 rings (SSSR count). The molecule has 43 heavy (non-hydrogen) atoms. The predicted octanol–water partition coefficient (Wildman–Crippen LogP) is 7.12. The van der Waals surface area contributed by atoms with Gasteiger partial charge in [0.2, 0.25) is 0 Å². The number of alkyl halides is 3. The molecule has 3 heterocycles. The number of anilines is 3. The number of para-hydroxylation sites is 1. The van der Waals surface area contributed by atoms with E-state index in [0.29, 0.717) is 43.3 Å². The molecule has 0 saturated carbocycles. The molecular formula is C33H31ClF3N5O. The molecule has 6 nitrogen and oxygen atoms in total. The number of hydrogen-bond acceptors (Lipinski definition) is 5. The highest BCUT2D eigenvalue weighted by Gasteiger charge is 2.35. The highest BCUT2D eigenvalue weighted by molar-refractivity contribution is 6.30. The van der Waals surface area contributed by atoms with Crippen molar-refractivity contribution in [1.82, 2.24) is 9.88 Å². The second-order valence-electron chi connectivity index (χ2n) is 10.9. The van der Waals surface area contributed by atoms with E-state index in [-0.39, 0.29) is 11.6 Å². The summed E-state index contributed by atoms with van der Waals surface area (Å²) in [5.74, 6) is 0.670. The zero-order valence-corrected chi connectivity index (χ0v) is 24.4. The van der Waals surface area contributed by atoms with Gasteiger partial charge in [-0.1, -0.05) is 41.9 Å². The minimum atomic E-state index is -4.43. The van der Waals surface area contributed by atoms with Gasteiger partial charge in [0.15, 0.2) is 0 Å². The third-order valence-corrected chi connectivity index (χ3v) is 8.35. The fraction of sp³-hybridized carbons (Fsp3) is 0.273. The Balaban J connectivity index is 1.18. The molecule has 4 aromatic rings. The molecule has 1 aromatic heterocycles. The molecular weight excluding hydrogens is 575 g/mol. The number of hydrogen-bond donors (Lipinski definition) is 1. The van der Waals surface area contributed by atoms with Crippen LogP contribution in [0.25, 0.3) is 11.1 Å². The zero-order chi connectivity index (χ0) is 30.1. The molecule has 2 aliphatic rings. The van der Waals surface area contributed by atoms with Crippen molar-refractivity contribution in [2.24, 2.45) is 0 Å². The maximum absolute atomic E-state index is 13.5. The summed E-state index contributed by atoms with van der Waals surface area (Å²) in [5.41, 5.74) is 5.09. The van der Waals surface area contributed by atoms with Crippen LogP contribution in [0.3, 0.4) is 0 Å². The van der Waals surface area contributed by atoms with E-state index in [0.717, 1.165) is 47.4 Å². The first-order chi connectivity index (χ1) is 20.7. The quantitative estimate of drug-likeness (QED) is 0.262. The van der Waals surface area contributed by atoms with Crippen molar-refractivity contribution in [1.29, 1.82) is 0 Å². The number of fused-ring (bicyclic) bond motifs is 1. The summed E-state index contributed by atoms with van der Waals surface area (Å²) in [4.78, 5) is 23.9. The van der Waals surface area contributed by atoms with E-state index in [1.165, 1.54) is 17.7 Å². The number of amides is 1. The normalized spacial score (nSPS) is 15.2. The largest absolute Gasteiger partial charge is 0.418 e. The first-order valence-electron chi connectivity index (χ1n) is 14.2. The smallest absolute Gasteiger partial charge is 0.367 e. The number of halogens is 4. The maximum Gasteiger partial charge on any atom is 0.418 e. The van der Waals surface area contributed by atoms with E-state index in [2.05, 4.69) is 23.2 Å². The Hall–Kier alpha value is -4.24. The Morgan fingerprint density at radius 1 is 0.907 bits per heavy atom. The van der Waals surface area contributed by atoms with Crippen molar-refractivity contribution in [2.45, 2.75) is 19.6 Å². The van der Waals surface area contributed by atoms with E-state index < -0.39 is 11.7 Å². The Labute approximate surface area is 253 Å². The van der Waals surface area contributed by atoms with E-state index >= 15 is 0 Å². The van der Waals surface area contributed by atoms with Crippen LogP contribution >= 0.6 is 11.6 Å². The molecule has 1 N–H and O–H groups in total. The summed E-state index contributed by atoms with van der Waals surface area (Å²) in [7, 11) is 0. The SMILES string of the molecule is Cc1ccc(Cl)cc1CN1CCNc2ncc(-c3cccc(C(=O)N4CCN(c5ccccc5C(F)(F)F)CC4)c3)cc21. The lowest BCUT2D eigenvalue weighted by molar-refractivity contribution is -0.137. The van der Waals surface area contributed by atoms with Crippen LogP contribution in [0.4, 0.5) is 30.4 Å². The van der Waals surface area contributed by atoms with E-state index in [9.17, 15) is 18.0 Å². The fourth-order valence-corrected chi connectivity index (χ4v) is 5.95. The van der Waals surface area contributed by atoms with Crippen LogP contribution in [0.2, 0.25) is 5.02 Å². The Morgan fingerprint density at radius 3 is 2.49 bits per heavy atom. The second kappa shape index (κ2) is 11.8. The highest BCUT2D eigenvalue weighted by Crippen LogP contribution is 2.37. The number of rotatable bonds is 5. The molecule has 1 fully saturated rings. The fourth-order valence-electron chi connectivity index (χ4n) is 5.75. The number of aromatic nitrogens is 1. The summed E-state index contributed by atoms with van der Waals surface area (Å²) < 4.78 is 40.6. The topological polar surface area (TPSA) is 51.7 Å². The molecule has 10 heteroatoms. The highest BCUT2D eigenvalue weighted by atomic mass is 35.5. The molecule has 0 aliphatic carbocycles. The molecule has 0 unspecified atom stereocenters. The van der Waals surface area contributed by atoms with Crippen molar-refractivity contribution in [2.75, 3.05) is 54.4 Å². The van der Waals surface area contributed by atoms with Crippen LogP contribution in [-0.2, 0) is 12.7 Å². The molecule has 0 bridgehead atoms. The van der Waals surface area contributed by atoms with Crippen molar-refractivity contribution >= 4 is 34.7 Å². The van der Waals surface area contributed by atoms with Gasteiger partial charge in [-0.15, -0.1) is 0 Å². The predicted molar refractivity (Wildman–Crippen MR) is 165 cm³/mol. The van der Waals surface area contributed by atoms with Crippen molar-refractivity contribution in [3.05, 3.63) is 106 Å². The number of carbonyl (C=O) groups excluding carboxylic acids is 1. The van der Waals surface area contributed by atoms with Gasteiger partial charge >= 0.3 is 6.18 Å². The average molecular weight is 606 g/mol. The van der Waals surface area contributed by atoms with E-state index in [1.807, 2.05) is 36.4 Å². The summed E-state index contributed by atoms with van der Waals surface area (Å²) in [6.45, 7) is 5.67. The third-order valence-electron chi connectivity index (χ3n) is 8.11. The molecule has 1 saturated heterocycles. The van der Waals surface area contributed by atoms with Crippen LogP contribution in [0, 0.1) is 6.92 Å². The summed E-state index contributed by atoms with van der Waals surface area (Å²) in [6, 6.07) is 21.0. The lowest BCUT2D eigenvalue weighted by Crippen LogP contribution is -2.49. The summed E-state index contributed by atoms with van der Waals surface area (Å²) in [6.07, 6.45) is -2.63. The lowest BCUT2D eigenvalue weighted by Gasteiger charge is -2.37. The first kappa shape index (κ1) is 28.9. The number of nitrogens with one attached hydrogen (secondary N) is 1. The van der Waals surface area contributed by atoms with Gasteiger partial charge in [-0.05, 0) is 66.1 Å². The van der Waals surface area contributed by atoms with Crippen LogP contribution in [0.1, 0.15) is 27.0 Å². The Kier molecular flexibility index (Phi) is 7.92. The van der Waals surface area contributed by atoms with Gasteiger partial charge < -0.3 is 20.0 Å². The number of nitrogens with zero attached hydrogens (tertiary/aromatic N) is 4. The lowest BCUT2D eigenvalue weighted by atomic mass is 10.0. The van der Waals surface area contributed by atoms with Crippen LogP contribution < -0.4 is 15.1 Å². The van der Waals surface area contributed by atoms with Crippen molar-refractivity contribution in [3.63, 3.8) is 0 Å². The Bertz CT molecular complexity index is 1650. The number of piperazine rings is 1. The Morgan fingerprint density at radius 2 is 1.70 bits per heavy atom. The molecule has 0 atom stereocenters. The van der Waals surface area contributed by atoms with Gasteiger partial charge in [0.25, 0.3) is 5.91 Å². The van der Waals surface area contributed by atoms with Crippen LogP contribution in [-0.4, -0.2) is 55.1 Å². The minimum Gasteiger partial charge on any atom is -0.367 e. The van der Waals surface area contributed by atoms with Gasteiger partial charge in [0, 0.05) is 73.8 Å². The molecule has 3 aromatic carbocycles. The number of benzene rings is 3. The van der Waals surface area contributed by atoms with Crippen LogP contribution in [0.5, 0.6) is 0 Å². The van der Waals surface area contributed by atoms with Gasteiger partial charge in [0.05, 0.1) is 11.3 Å². The summed E-state index contributed by atoms with van der Waals surface area (Å²) >= 11 is 6.28. The molecule has 222 valence electrons. The van der Waals surface area contributed by atoms with Crippen molar-refractivity contribution < 1.29 is 18.0 Å². The van der Waals surface area contributed by atoms with Gasteiger partial charge in [0.1, 0.15) is 5.82 Å². The van der Waals surface area contributed by atoms with E-state index in [1.54, 1.807) is 28.1 Å². The molecule has 2 aliphatic heterocycles. The standard InChI is InChI=1S/C33H31ClF3N5O/c1-22-9-10-27(34)18-26(22)21-42-12-11-38-31-30(42)19-25(20-39-31)23-5-4-6-24(17-23)32(43)41-15-13-40(14-16-41)29-8-3-2-7-28(29)33(35,36)37/h2-10,17-20H,11-16,21H2,1H3,(H,38,39). The first-order valence-corrected chi connectivity index (χ1v) is 14.6.